The number of urea groups is 1. The lowest BCUT2D eigenvalue weighted by atomic mass is 9.94. The number of rotatable bonds is 6. The molecule has 18 heavy (non-hydrogen) atoms. The SMILES string of the molecule is CCC(CC)CNC(=O)NCC1(O)CCOCC1. The number of aliphatic hydroxyl groups is 1. The fourth-order valence-electron chi connectivity index (χ4n) is 2.05. The predicted octanol–water partition coefficient (Wildman–Crippen LogP) is 1.26. The van der Waals surface area contributed by atoms with Crippen LogP contribution < -0.4 is 10.6 Å². The number of ether oxygens (including phenoxy) is 1. The molecule has 0 unspecified atom stereocenters. The zero-order chi connectivity index (χ0) is 13.4. The second kappa shape index (κ2) is 7.59. The summed E-state index contributed by atoms with van der Waals surface area (Å²) in [4.78, 5) is 11.6. The molecule has 1 aliphatic rings. The monoisotopic (exact) mass is 258 g/mol. The first-order valence-electron chi connectivity index (χ1n) is 6.91. The Kier molecular flexibility index (Phi) is 6.43. The molecule has 1 saturated heterocycles. The van der Waals surface area contributed by atoms with E-state index in [1.165, 1.54) is 0 Å². The molecule has 106 valence electrons. The highest BCUT2D eigenvalue weighted by Crippen LogP contribution is 2.19. The molecule has 0 bridgehead atoms. The Hall–Kier alpha value is -0.810. The molecule has 5 nitrogen and oxygen atoms in total. The quantitative estimate of drug-likeness (QED) is 0.672. The fourth-order valence-corrected chi connectivity index (χ4v) is 2.05. The van der Waals surface area contributed by atoms with Crippen LogP contribution >= 0.6 is 0 Å². The summed E-state index contributed by atoms with van der Waals surface area (Å²) in [6.45, 7) is 6.36. The van der Waals surface area contributed by atoms with E-state index in [2.05, 4.69) is 24.5 Å². The van der Waals surface area contributed by atoms with E-state index < -0.39 is 5.60 Å². The molecule has 0 aromatic rings. The van der Waals surface area contributed by atoms with Crippen LogP contribution in [0, 0.1) is 5.92 Å². The zero-order valence-corrected chi connectivity index (χ0v) is 11.5. The van der Waals surface area contributed by atoms with Crippen LogP contribution in [-0.2, 0) is 4.74 Å². The van der Waals surface area contributed by atoms with Crippen molar-refractivity contribution in [1.29, 1.82) is 0 Å². The molecule has 0 spiro atoms. The molecule has 3 N–H and O–H groups in total. The van der Waals surface area contributed by atoms with E-state index in [9.17, 15) is 9.90 Å². The molecule has 0 aromatic heterocycles. The molecular formula is C13H26N2O3. The Morgan fingerprint density at radius 1 is 1.28 bits per heavy atom. The average molecular weight is 258 g/mol. The largest absolute Gasteiger partial charge is 0.388 e. The first-order chi connectivity index (χ1) is 8.59. The maximum absolute atomic E-state index is 11.6. The van der Waals surface area contributed by atoms with Gasteiger partial charge in [0.2, 0.25) is 0 Å². The van der Waals surface area contributed by atoms with Gasteiger partial charge >= 0.3 is 6.03 Å². The maximum Gasteiger partial charge on any atom is 0.314 e. The summed E-state index contributed by atoms with van der Waals surface area (Å²) in [5, 5.41) is 15.8. The summed E-state index contributed by atoms with van der Waals surface area (Å²) in [7, 11) is 0. The van der Waals surface area contributed by atoms with E-state index in [1.807, 2.05) is 0 Å². The molecule has 0 aliphatic carbocycles. The minimum atomic E-state index is -0.801. The highest BCUT2D eigenvalue weighted by Gasteiger charge is 2.30. The van der Waals surface area contributed by atoms with Crippen molar-refractivity contribution in [2.24, 2.45) is 5.92 Å². The molecule has 1 aliphatic heterocycles. The third-order valence-electron chi connectivity index (χ3n) is 3.71. The van der Waals surface area contributed by atoms with Crippen LogP contribution in [-0.4, -0.2) is 43.0 Å². The lowest BCUT2D eigenvalue weighted by Gasteiger charge is -2.32. The Morgan fingerprint density at radius 2 is 1.89 bits per heavy atom. The predicted molar refractivity (Wildman–Crippen MR) is 70.5 cm³/mol. The summed E-state index contributed by atoms with van der Waals surface area (Å²) in [5.74, 6) is 0.530. The summed E-state index contributed by atoms with van der Waals surface area (Å²) in [6.07, 6.45) is 3.30. The number of nitrogens with one attached hydrogen (secondary N) is 2. The first kappa shape index (κ1) is 15.2. The maximum atomic E-state index is 11.6. The van der Waals surface area contributed by atoms with Gasteiger partial charge in [-0.2, -0.15) is 0 Å². The lowest BCUT2D eigenvalue weighted by molar-refractivity contribution is -0.0600. The number of hydrogen-bond acceptors (Lipinski definition) is 3. The van der Waals surface area contributed by atoms with Crippen LogP contribution in [0.4, 0.5) is 4.79 Å². The molecular weight excluding hydrogens is 232 g/mol. The summed E-state index contributed by atoms with van der Waals surface area (Å²) in [5.41, 5.74) is -0.801. The van der Waals surface area contributed by atoms with Gasteiger partial charge in [0.05, 0.1) is 5.60 Å². The van der Waals surface area contributed by atoms with Crippen LogP contribution in [0.3, 0.4) is 0 Å². The van der Waals surface area contributed by atoms with Crippen molar-refractivity contribution in [2.45, 2.75) is 45.1 Å². The van der Waals surface area contributed by atoms with Gasteiger partial charge < -0.3 is 20.5 Å². The Balaban J connectivity index is 2.19. The van der Waals surface area contributed by atoms with Gasteiger partial charge in [-0.25, -0.2) is 4.79 Å². The zero-order valence-electron chi connectivity index (χ0n) is 11.5. The Labute approximate surface area is 109 Å². The molecule has 1 heterocycles. The van der Waals surface area contributed by atoms with Gasteiger partial charge in [0.15, 0.2) is 0 Å². The van der Waals surface area contributed by atoms with Crippen molar-refractivity contribution in [3.8, 4) is 0 Å². The normalized spacial score (nSPS) is 18.7. The summed E-state index contributed by atoms with van der Waals surface area (Å²) in [6, 6.07) is -0.193. The Bertz CT molecular complexity index is 249. The van der Waals surface area contributed by atoms with E-state index >= 15 is 0 Å². The molecule has 0 aromatic carbocycles. The lowest BCUT2D eigenvalue weighted by Crippen LogP contribution is -2.49. The van der Waals surface area contributed by atoms with Gasteiger partial charge in [-0.1, -0.05) is 26.7 Å². The average Bonchev–Trinajstić information content (AvgIpc) is 2.38. The van der Waals surface area contributed by atoms with Crippen LogP contribution in [0.2, 0.25) is 0 Å². The standard InChI is InChI=1S/C13H26N2O3/c1-3-11(4-2)9-14-12(16)15-10-13(17)5-7-18-8-6-13/h11,17H,3-10H2,1-2H3,(H2,14,15,16). The second-order valence-corrected chi connectivity index (χ2v) is 5.08. The highest BCUT2D eigenvalue weighted by molar-refractivity contribution is 5.73. The van der Waals surface area contributed by atoms with Gasteiger partial charge in [0.1, 0.15) is 0 Å². The molecule has 0 radical (unpaired) electrons. The van der Waals surface area contributed by atoms with Crippen molar-refractivity contribution in [2.75, 3.05) is 26.3 Å². The van der Waals surface area contributed by atoms with Crippen molar-refractivity contribution in [1.82, 2.24) is 10.6 Å². The van der Waals surface area contributed by atoms with Crippen molar-refractivity contribution in [3.63, 3.8) is 0 Å². The van der Waals surface area contributed by atoms with E-state index in [0.717, 1.165) is 12.8 Å². The van der Waals surface area contributed by atoms with Crippen LogP contribution in [0.5, 0.6) is 0 Å². The minimum absolute atomic E-state index is 0.193. The van der Waals surface area contributed by atoms with Gasteiger partial charge in [0, 0.05) is 39.1 Å². The third kappa shape index (κ3) is 5.23. The smallest absolute Gasteiger partial charge is 0.314 e. The van der Waals surface area contributed by atoms with Gasteiger partial charge in [-0.15, -0.1) is 0 Å². The summed E-state index contributed by atoms with van der Waals surface area (Å²) < 4.78 is 5.19. The molecule has 5 heteroatoms. The third-order valence-corrected chi connectivity index (χ3v) is 3.71. The topological polar surface area (TPSA) is 70.6 Å². The molecule has 0 atom stereocenters. The number of hydrogen-bond donors (Lipinski definition) is 3. The van der Waals surface area contributed by atoms with Gasteiger partial charge in [-0.3, -0.25) is 0 Å². The van der Waals surface area contributed by atoms with Crippen LogP contribution in [0.15, 0.2) is 0 Å². The van der Waals surface area contributed by atoms with Crippen molar-refractivity contribution >= 4 is 6.03 Å². The van der Waals surface area contributed by atoms with Crippen molar-refractivity contribution in [3.05, 3.63) is 0 Å². The number of carbonyl (C=O) groups excluding carboxylic acids is 1. The van der Waals surface area contributed by atoms with E-state index in [4.69, 9.17) is 4.74 Å². The molecule has 2 amide bonds. The van der Waals surface area contributed by atoms with Crippen LogP contribution in [0.1, 0.15) is 39.5 Å². The van der Waals surface area contributed by atoms with E-state index in [0.29, 0.717) is 45.1 Å². The van der Waals surface area contributed by atoms with E-state index in [-0.39, 0.29) is 6.03 Å². The number of amides is 2. The fraction of sp³-hybridized carbons (Fsp3) is 0.923. The summed E-state index contributed by atoms with van der Waals surface area (Å²) >= 11 is 0. The molecule has 1 rings (SSSR count). The number of carbonyl (C=O) groups is 1. The second-order valence-electron chi connectivity index (χ2n) is 5.08. The highest BCUT2D eigenvalue weighted by atomic mass is 16.5. The first-order valence-corrected chi connectivity index (χ1v) is 6.91. The van der Waals surface area contributed by atoms with Gasteiger partial charge in [0.25, 0.3) is 0 Å². The van der Waals surface area contributed by atoms with E-state index in [1.54, 1.807) is 0 Å². The van der Waals surface area contributed by atoms with Gasteiger partial charge in [-0.05, 0) is 5.92 Å². The molecule has 0 saturated carbocycles. The van der Waals surface area contributed by atoms with Crippen molar-refractivity contribution < 1.29 is 14.6 Å². The van der Waals surface area contributed by atoms with Crippen LogP contribution in [0.25, 0.3) is 0 Å². The minimum Gasteiger partial charge on any atom is -0.388 e. The Morgan fingerprint density at radius 3 is 2.44 bits per heavy atom. The molecule has 1 fully saturated rings.